The van der Waals surface area contributed by atoms with E-state index >= 15 is 0 Å². The van der Waals surface area contributed by atoms with Gasteiger partial charge >= 0.3 is 80.9 Å². The molecule has 0 amide bonds. The molecule has 0 unspecified atom stereocenters. The van der Waals surface area contributed by atoms with E-state index in [1.54, 1.807) is 6.07 Å². The Kier molecular flexibility index (Phi) is 15.0. The van der Waals surface area contributed by atoms with Gasteiger partial charge < -0.3 is 41.6 Å². The van der Waals surface area contributed by atoms with Gasteiger partial charge in [0.25, 0.3) is 5.69 Å². The van der Waals surface area contributed by atoms with Crippen LogP contribution in [-0.4, -0.2) is 46.2 Å². The van der Waals surface area contributed by atoms with Gasteiger partial charge in [-0.1, -0.05) is 6.07 Å². The SMILES string of the molecule is Nc1cc(S(=O)(=O)[O-])cc2cc(S(=O)(=O)[O-])cc(O)c12.Nc1ccc([N+](=O)[O-])c(N)c1.Oc1cccc(O)c1.[K+].[Na+]. The minimum absolute atomic E-state index is 0. The van der Waals surface area contributed by atoms with Crippen molar-refractivity contribution in [2.24, 2.45) is 0 Å². The predicted octanol–water partition coefficient (Wildman–Crippen LogP) is -4.20. The minimum atomic E-state index is -4.86. The van der Waals surface area contributed by atoms with Gasteiger partial charge in [0.2, 0.25) is 0 Å². The maximum absolute atomic E-state index is 10.9. The topological polar surface area (TPSA) is 296 Å². The standard InChI is InChI=1S/C10H9NO7S2.C6H7N3O2.C6H6O2.K.Na/c11-8-3-6(19(13,14)15)1-5-2-7(20(16,17)18)4-9(12)10(5)8;7-4-1-2-6(9(10)11)5(8)3-4;7-5-2-1-3-6(8)4-5;;/h1-4,12H,11H2,(H,13,14,15)(H,16,17,18);1-3H,7-8H2;1-4,7-8H;;/q;;;2*+1/p-2. The second-order valence-corrected chi connectivity index (χ2v) is 10.3. The van der Waals surface area contributed by atoms with Crippen molar-refractivity contribution in [2.45, 2.75) is 9.79 Å². The molecule has 0 aliphatic rings. The quantitative estimate of drug-likeness (QED) is 0.0406. The summed E-state index contributed by atoms with van der Waals surface area (Å²) in [6.07, 6.45) is 0. The normalized spacial score (nSPS) is 10.5. The number of hydrogen-bond acceptors (Lipinski definition) is 14. The zero-order chi connectivity index (χ0) is 29.7. The van der Waals surface area contributed by atoms with Crippen LogP contribution in [0.2, 0.25) is 0 Å². The summed E-state index contributed by atoms with van der Waals surface area (Å²) in [5.41, 5.74) is 16.3. The second-order valence-electron chi connectivity index (χ2n) is 7.56. The molecule has 0 atom stereocenters. The van der Waals surface area contributed by atoms with Crippen molar-refractivity contribution in [1.29, 1.82) is 0 Å². The third-order valence-corrected chi connectivity index (χ3v) is 6.29. The smallest absolute Gasteiger partial charge is 0.744 e. The van der Waals surface area contributed by atoms with Crippen molar-refractivity contribution in [3.63, 3.8) is 0 Å². The van der Waals surface area contributed by atoms with Crippen LogP contribution in [0.15, 0.2) is 76.5 Å². The van der Waals surface area contributed by atoms with E-state index in [2.05, 4.69) is 0 Å². The molecule has 208 valence electrons. The molecule has 4 aromatic carbocycles. The number of nitro benzene ring substituents is 1. The third-order valence-electron chi connectivity index (χ3n) is 4.66. The fourth-order valence-corrected chi connectivity index (χ4v) is 4.06. The van der Waals surface area contributed by atoms with Crippen molar-refractivity contribution in [3.8, 4) is 17.2 Å². The molecule has 0 heterocycles. The van der Waals surface area contributed by atoms with Crippen LogP contribution >= 0.6 is 0 Å². The molecule has 0 saturated heterocycles. The number of nitrogen functional groups attached to an aromatic ring is 3. The predicted molar refractivity (Wildman–Crippen MR) is 138 cm³/mol. The van der Waals surface area contributed by atoms with Gasteiger partial charge in [-0.15, -0.1) is 0 Å². The first-order chi connectivity index (χ1) is 17.9. The van der Waals surface area contributed by atoms with Crippen LogP contribution in [0.4, 0.5) is 22.7 Å². The van der Waals surface area contributed by atoms with Crippen LogP contribution in [0.5, 0.6) is 17.2 Å². The third kappa shape index (κ3) is 11.5. The average molecular weight is 643 g/mol. The van der Waals surface area contributed by atoms with E-state index in [1.165, 1.54) is 36.4 Å². The Bertz CT molecular complexity index is 1680. The molecule has 0 radical (unpaired) electrons. The van der Waals surface area contributed by atoms with E-state index in [9.17, 15) is 41.2 Å². The summed E-state index contributed by atoms with van der Waals surface area (Å²) in [4.78, 5) is 8.22. The number of hydrogen-bond donors (Lipinski definition) is 6. The molecule has 15 nitrogen and oxygen atoms in total. The van der Waals surface area contributed by atoms with Crippen molar-refractivity contribution >= 4 is 53.8 Å². The summed E-state index contributed by atoms with van der Waals surface area (Å²) >= 11 is 0. The summed E-state index contributed by atoms with van der Waals surface area (Å²) in [6.45, 7) is 0. The van der Waals surface area contributed by atoms with E-state index in [4.69, 9.17) is 27.4 Å². The number of nitro groups is 1. The van der Waals surface area contributed by atoms with E-state index < -0.39 is 40.7 Å². The number of aromatic hydroxyl groups is 3. The van der Waals surface area contributed by atoms with E-state index in [0.717, 1.165) is 18.2 Å². The number of nitrogens with two attached hydrogens (primary N) is 3. The van der Waals surface area contributed by atoms with Crippen LogP contribution in [0.3, 0.4) is 0 Å². The second kappa shape index (κ2) is 15.9. The molecular formula is C22H20KN4NaO11S2. The number of anilines is 3. The first-order valence-corrected chi connectivity index (χ1v) is 13.0. The van der Waals surface area contributed by atoms with E-state index in [0.29, 0.717) is 11.8 Å². The number of phenols is 3. The molecule has 41 heavy (non-hydrogen) atoms. The summed E-state index contributed by atoms with van der Waals surface area (Å²) in [6, 6.07) is 13.1. The Morgan fingerprint density at radius 3 is 1.59 bits per heavy atom. The molecular weight excluding hydrogens is 622 g/mol. The van der Waals surface area contributed by atoms with E-state index in [1.807, 2.05) is 0 Å². The first kappa shape index (κ1) is 38.8. The largest absolute Gasteiger partial charge is 1.00 e. The van der Waals surface area contributed by atoms with Gasteiger partial charge in [0.05, 0.1) is 14.7 Å². The fraction of sp³-hybridized carbons (Fsp3) is 0. The Balaban J connectivity index is 0.000000644. The molecule has 9 N–H and O–H groups in total. The number of benzene rings is 4. The Hall–Kier alpha value is -2.20. The summed E-state index contributed by atoms with van der Waals surface area (Å²) in [5, 5.41) is 37.0. The van der Waals surface area contributed by atoms with Crippen LogP contribution in [0.1, 0.15) is 0 Å². The molecule has 4 rings (SSSR count). The van der Waals surface area contributed by atoms with Gasteiger partial charge in [-0.3, -0.25) is 10.1 Å². The molecule has 0 bridgehead atoms. The summed E-state index contributed by atoms with van der Waals surface area (Å²) in [5.74, 6) is -0.431. The van der Waals surface area contributed by atoms with Crippen molar-refractivity contribution in [3.05, 3.63) is 76.8 Å². The number of nitrogens with zero attached hydrogens (tertiary/aromatic N) is 1. The minimum Gasteiger partial charge on any atom is -0.744 e. The molecule has 0 saturated carbocycles. The average Bonchev–Trinajstić information content (AvgIpc) is 2.77. The molecule has 19 heteroatoms. The maximum atomic E-state index is 10.9. The molecule has 4 aromatic rings. The maximum Gasteiger partial charge on any atom is 1.00 e. The van der Waals surface area contributed by atoms with Gasteiger partial charge in [-0.25, -0.2) is 16.8 Å². The Morgan fingerprint density at radius 2 is 1.20 bits per heavy atom. The van der Waals surface area contributed by atoms with Gasteiger partial charge in [0, 0.05) is 28.9 Å². The molecule has 0 aliphatic carbocycles. The Labute approximate surface area is 298 Å². The van der Waals surface area contributed by atoms with Crippen LogP contribution in [0.25, 0.3) is 10.8 Å². The number of rotatable bonds is 3. The van der Waals surface area contributed by atoms with E-state index in [-0.39, 0.29) is 120 Å². The van der Waals surface area contributed by atoms with Crippen LogP contribution in [0, 0.1) is 10.1 Å². The van der Waals surface area contributed by atoms with Crippen LogP contribution < -0.4 is 98.1 Å². The molecule has 0 aromatic heterocycles. The van der Waals surface area contributed by atoms with Gasteiger partial charge in [0.15, 0.2) is 0 Å². The zero-order valence-corrected chi connectivity index (χ0v) is 28.2. The summed E-state index contributed by atoms with van der Waals surface area (Å²) < 4.78 is 65.6. The van der Waals surface area contributed by atoms with Gasteiger partial charge in [0.1, 0.15) is 43.2 Å². The summed E-state index contributed by atoms with van der Waals surface area (Å²) in [7, 11) is -9.67. The van der Waals surface area contributed by atoms with Gasteiger partial charge in [-0.2, -0.15) is 0 Å². The van der Waals surface area contributed by atoms with Crippen molar-refractivity contribution in [2.75, 3.05) is 17.2 Å². The van der Waals surface area contributed by atoms with Crippen molar-refractivity contribution < 1.29 is 127 Å². The first-order valence-electron chi connectivity index (χ1n) is 10.2. The monoisotopic (exact) mass is 642 g/mol. The molecule has 0 fully saturated rings. The number of phenolic OH excluding ortho intramolecular Hbond substituents is 3. The zero-order valence-electron chi connectivity index (χ0n) is 21.5. The molecule has 0 aliphatic heterocycles. The van der Waals surface area contributed by atoms with Gasteiger partial charge in [-0.05, 0) is 53.9 Å². The van der Waals surface area contributed by atoms with Crippen LogP contribution in [-0.2, 0) is 20.2 Å². The molecule has 0 spiro atoms. The fourth-order valence-electron chi connectivity index (χ4n) is 2.99. The Morgan fingerprint density at radius 1 is 0.707 bits per heavy atom. The number of fused-ring (bicyclic) bond motifs is 1. The van der Waals surface area contributed by atoms with Crippen molar-refractivity contribution in [1.82, 2.24) is 0 Å².